The molecule has 0 bridgehead atoms. The molecule has 1 N–H and O–H groups in total. The number of nitrogens with zero attached hydrogens (tertiary/aromatic N) is 3. The van der Waals surface area contributed by atoms with Crippen LogP contribution in [0.4, 0.5) is 0 Å². The fourth-order valence-corrected chi connectivity index (χ4v) is 4.05. The molecule has 0 spiro atoms. The Morgan fingerprint density at radius 1 is 1.33 bits per heavy atom. The van der Waals surface area contributed by atoms with E-state index < -0.39 is 0 Å². The fraction of sp³-hybridized carbons (Fsp3) is 0.500. The normalized spacial score (nSPS) is 18.0. The molecule has 0 saturated carbocycles. The van der Waals surface area contributed by atoms with Crippen molar-refractivity contribution in [2.24, 2.45) is 7.05 Å². The van der Waals surface area contributed by atoms with E-state index in [1.165, 1.54) is 0 Å². The van der Waals surface area contributed by atoms with Gasteiger partial charge in [0, 0.05) is 37.9 Å². The largest absolute Gasteiger partial charge is 0.454 e. The second-order valence-corrected chi connectivity index (χ2v) is 7.46. The number of thioether (sulfide) groups is 1. The molecule has 3 heterocycles. The van der Waals surface area contributed by atoms with E-state index in [1.807, 2.05) is 11.6 Å². The smallest absolute Gasteiger partial charge is 0.251 e. The van der Waals surface area contributed by atoms with Gasteiger partial charge in [0.1, 0.15) is 5.82 Å². The Hall–Kier alpha value is -2.26. The lowest BCUT2D eigenvalue weighted by Gasteiger charge is -2.09. The van der Waals surface area contributed by atoms with Gasteiger partial charge in [0.15, 0.2) is 16.7 Å². The van der Waals surface area contributed by atoms with Gasteiger partial charge >= 0.3 is 0 Å². The predicted octanol–water partition coefficient (Wildman–Crippen LogP) is 1.79. The van der Waals surface area contributed by atoms with Crippen LogP contribution < -0.4 is 14.8 Å². The summed E-state index contributed by atoms with van der Waals surface area (Å²) < 4.78 is 18.2. The van der Waals surface area contributed by atoms with Crippen molar-refractivity contribution in [2.75, 3.05) is 25.7 Å². The number of rotatable bonds is 7. The highest BCUT2D eigenvalue weighted by atomic mass is 32.2. The van der Waals surface area contributed by atoms with Gasteiger partial charge in [-0.15, -0.1) is 10.2 Å². The molecule has 2 aliphatic heterocycles. The molecule has 0 aliphatic carbocycles. The van der Waals surface area contributed by atoms with Crippen molar-refractivity contribution >= 4 is 17.7 Å². The topological polar surface area (TPSA) is 87.5 Å². The lowest BCUT2D eigenvalue weighted by molar-refractivity contribution is 0.0953. The SMILES string of the molecule is Cn1c(CCNC(=O)c2ccc3c(c2)OCO3)nnc1SCC1CCCO1. The first kappa shape index (κ1) is 18.1. The van der Waals surface area contributed by atoms with Crippen LogP contribution in [0.1, 0.15) is 29.0 Å². The van der Waals surface area contributed by atoms with Gasteiger partial charge in [-0.1, -0.05) is 11.8 Å². The van der Waals surface area contributed by atoms with Crippen molar-refractivity contribution in [3.05, 3.63) is 29.6 Å². The summed E-state index contributed by atoms with van der Waals surface area (Å²) in [6.45, 7) is 1.54. The van der Waals surface area contributed by atoms with Gasteiger partial charge in [-0.05, 0) is 31.0 Å². The van der Waals surface area contributed by atoms with Crippen molar-refractivity contribution in [1.82, 2.24) is 20.1 Å². The van der Waals surface area contributed by atoms with E-state index in [1.54, 1.807) is 30.0 Å². The number of nitrogens with one attached hydrogen (secondary N) is 1. The summed E-state index contributed by atoms with van der Waals surface area (Å²) in [5.74, 6) is 2.86. The number of carbonyl (C=O) groups is 1. The molecule has 1 aromatic carbocycles. The van der Waals surface area contributed by atoms with Crippen LogP contribution in [0.5, 0.6) is 11.5 Å². The predicted molar refractivity (Wildman–Crippen MR) is 99.3 cm³/mol. The Morgan fingerprint density at radius 3 is 3.07 bits per heavy atom. The summed E-state index contributed by atoms with van der Waals surface area (Å²) in [5.41, 5.74) is 0.546. The van der Waals surface area contributed by atoms with Crippen molar-refractivity contribution in [3.63, 3.8) is 0 Å². The average molecular weight is 390 g/mol. The van der Waals surface area contributed by atoms with Gasteiger partial charge in [-0.25, -0.2) is 0 Å². The second-order valence-electron chi connectivity index (χ2n) is 6.48. The molecule has 1 amide bonds. The van der Waals surface area contributed by atoms with E-state index in [2.05, 4.69) is 15.5 Å². The number of hydrogen-bond donors (Lipinski definition) is 1. The third kappa shape index (κ3) is 4.19. The lowest BCUT2D eigenvalue weighted by atomic mass is 10.2. The quantitative estimate of drug-likeness (QED) is 0.721. The highest BCUT2D eigenvalue weighted by Gasteiger charge is 2.18. The van der Waals surface area contributed by atoms with Crippen LogP contribution in [0.15, 0.2) is 23.4 Å². The average Bonchev–Trinajstić information content (AvgIpc) is 3.41. The van der Waals surface area contributed by atoms with Gasteiger partial charge in [-0.3, -0.25) is 4.79 Å². The van der Waals surface area contributed by atoms with Crippen molar-refractivity contribution in [3.8, 4) is 11.5 Å². The van der Waals surface area contributed by atoms with E-state index in [-0.39, 0.29) is 12.7 Å². The van der Waals surface area contributed by atoms with Crippen LogP contribution in [-0.2, 0) is 18.2 Å². The number of ether oxygens (including phenoxy) is 3. The Bertz CT molecular complexity index is 820. The van der Waals surface area contributed by atoms with Gasteiger partial charge in [-0.2, -0.15) is 0 Å². The third-order valence-electron chi connectivity index (χ3n) is 4.62. The zero-order valence-electron chi connectivity index (χ0n) is 15.1. The maximum Gasteiger partial charge on any atom is 0.251 e. The zero-order valence-corrected chi connectivity index (χ0v) is 16.0. The van der Waals surface area contributed by atoms with Crippen molar-refractivity contribution in [2.45, 2.75) is 30.5 Å². The van der Waals surface area contributed by atoms with Crippen LogP contribution in [-0.4, -0.2) is 52.5 Å². The molecule has 1 atom stereocenters. The van der Waals surface area contributed by atoms with Crippen molar-refractivity contribution < 1.29 is 19.0 Å². The summed E-state index contributed by atoms with van der Waals surface area (Å²) in [6, 6.07) is 5.17. The molecule has 144 valence electrons. The van der Waals surface area contributed by atoms with Crippen molar-refractivity contribution in [1.29, 1.82) is 0 Å². The second kappa shape index (κ2) is 8.18. The minimum Gasteiger partial charge on any atom is -0.454 e. The molecular formula is C18H22N4O4S. The minimum absolute atomic E-state index is 0.150. The Labute approximate surface area is 161 Å². The summed E-state index contributed by atoms with van der Waals surface area (Å²) >= 11 is 1.66. The highest BCUT2D eigenvalue weighted by molar-refractivity contribution is 7.99. The van der Waals surface area contributed by atoms with E-state index in [4.69, 9.17) is 14.2 Å². The van der Waals surface area contributed by atoms with E-state index >= 15 is 0 Å². The van der Waals surface area contributed by atoms with E-state index in [0.29, 0.717) is 36.1 Å². The standard InChI is InChI=1S/C18H22N4O4S/c1-22-16(20-21-18(22)27-10-13-3-2-8-24-13)6-7-19-17(23)12-4-5-14-15(9-12)26-11-25-14/h4-5,9,13H,2-3,6-8,10-11H2,1H3,(H,19,23). The number of aromatic nitrogens is 3. The fourth-order valence-electron chi connectivity index (χ4n) is 3.06. The number of hydrogen-bond acceptors (Lipinski definition) is 7. The molecule has 9 heteroatoms. The summed E-state index contributed by atoms with van der Waals surface area (Å²) in [5, 5.41) is 12.3. The first-order chi connectivity index (χ1) is 13.2. The molecule has 2 aliphatic rings. The first-order valence-electron chi connectivity index (χ1n) is 9.01. The zero-order chi connectivity index (χ0) is 18.6. The summed E-state index contributed by atoms with van der Waals surface area (Å²) in [6.07, 6.45) is 3.18. The van der Waals surface area contributed by atoms with Crippen LogP contribution in [0.25, 0.3) is 0 Å². The molecule has 1 fully saturated rings. The Morgan fingerprint density at radius 2 is 2.22 bits per heavy atom. The first-order valence-corrected chi connectivity index (χ1v) is 10.00. The lowest BCUT2D eigenvalue weighted by Crippen LogP contribution is -2.26. The third-order valence-corrected chi connectivity index (χ3v) is 5.77. The van der Waals surface area contributed by atoms with Gasteiger partial charge < -0.3 is 24.1 Å². The maximum absolute atomic E-state index is 12.3. The molecule has 1 aromatic heterocycles. The summed E-state index contributed by atoms with van der Waals surface area (Å²) in [4.78, 5) is 12.3. The molecule has 1 saturated heterocycles. The van der Waals surface area contributed by atoms with E-state index in [0.717, 1.165) is 36.2 Å². The number of benzene rings is 1. The number of amides is 1. The molecule has 8 nitrogen and oxygen atoms in total. The highest BCUT2D eigenvalue weighted by Crippen LogP contribution is 2.32. The minimum atomic E-state index is -0.150. The molecule has 27 heavy (non-hydrogen) atoms. The molecule has 0 radical (unpaired) electrons. The van der Waals surface area contributed by atoms with Gasteiger partial charge in [0.05, 0.1) is 6.10 Å². The molecule has 4 rings (SSSR count). The van der Waals surface area contributed by atoms with E-state index in [9.17, 15) is 4.79 Å². The van der Waals surface area contributed by atoms with Crippen LogP contribution >= 0.6 is 11.8 Å². The van der Waals surface area contributed by atoms with Gasteiger partial charge in [0.2, 0.25) is 6.79 Å². The summed E-state index contributed by atoms with van der Waals surface area (Å²) in [7, 11) is 1.95. The van der Waals surface area contributed by atoms with Gasteiger partial charge in [0.25, 0.3) is 5.91 Å². The maximum atomic E-state index is 12.3. The monoisotopic (exact) mass is 390 g/mol. The van der Waals surface area contributed by atoms with Crippen LogP contribution in [0.3, 0.4) is 0 Å². The molecular weight excluding hydrogens is 368 g/mol. The molecule has 1 unspecified atom stereocenters. The van der Waals surface area contributed by atoms with Crippen LogP contribution in [0, 0.1) is 0 Å². The Kier molecular flexibility index (Phi) is 5.49. The Balaban J connectivity index is 1.27. The molecule has 2 aromatic rings. The number of carbonyl (C=O) groups excluding carboxylic acids is 1. The number of fused-ring (bicyclic) bond motifs is 1. The van der Waals surface area contributed by atoms with Crippen LogP contribution in [0.2, 0.25) is 0 Å².